The topological polar surface area (TPSA) is 75.3 Å². The van der Waals surface area contributed by atoms with Crippen molar-refractivity contribution in [2.45, 2.75) is 44.2 Å². The van der Waals surface area contributed by atoms with Crippen LogP contribution < -0.4 is 11.1 Å². The van der Waals surface area contributed by atoms with Crippen LogP contribution in [0.4, 0.5) is 0 Å². The Morgan fingerprint density at radius 2 is 2.15 bits per heavy atom. The van der Waals surface area contributed by atoms with E-state index in [9.17, 15) is 4.79 Å². The highest BCUT2D eigenvalue weighted by Crippen LogP contribution is 2.17. The summed E-state index contributed by atoms with van der Waals surface area (Å²) < 4.78 is 0. The van der Waals surface area contributed by atoms with Crippen LogP contribution in [0.3, 0.4) is 0 Å². The molecule has 4 N–H and O–H groups in total. The third-order valence-corrected chi connectivity index (χ3v) is 2.46. The zero-order valence-corrected chi connectivity index (χ0v) is 7.83. The molecular formula is C9H18N2O2. The molecule has 0 spiro atoms. The van der Waals surface area contributed by atoms with Crippen LogP contribution in [0.5, 0.6) is 0 Å². The van der Waals surface area contributed by atoms with E-state index in [0.29, 0.717) is 12.6 Å². The van der Waals surface area contributed by atoms with Gasteiger partial charge in [-0.2, -0.15) is 0 Å². The highest BCUT2D eigenvalue weighted by atomic mass is 16.4. The molecule has 4 nitrogen and oxygen atoms in total. The highest BCUT2D eigenvalue weighted by Gasteiger charge is 2.15. The molecule has 0 aliphatic heterocycles. The van der Waals surface area contributed by atoms with Gasteiger partial charge in [-0.25, -0.2) is 0 Å². The van der Waals surface area contributed by atoms with Crippen LogP contribution in [-0.2, 0) is 4.79 Å². The van der Waals surface area contributed by atoms with E-state index in [1.165, 1.54) is 25.7 Å². The van der Waals surface area contributed by atoms with Gasteiger partial charge in [0.2, 0.25) is 0 Å². The lowest BCUT2D eigenvalue weighted by molar-refractivity contribution is -0.137. The van der Waals surface area contributed by atoms with E-state index in [2.05, 4.69) is 5.32 Å². The molecule has 0 aromatic rings. The van der Waals surface area contributed by atoms with Crippen LogP contribution in [-0.4, -0.2) is 29.7 Å². The number of aliphatic carboxylic acids is 1. The molecule has 1 saturated carbocycles. The molecule has 1 unspecified atom stereocenters. The first-order valence-electron chi connectivity index (χ1n) is 4.89. The smallest absolute Gasteiger partial charge is 0.304 e. The van der Waals surface area contributed by atoms with Crippen molar-refractivity contribution in [3.05, 3.63) is 0 Å². The zero-order chi connectivity index (χ0) is 9.68. The summed E-state index contributed by atoms with van der Waals surface area (Å²) in [6, 6.07) is 0.318. The van der Waals surface area contributed by atoms with Gasteiger partial charge in [-0.1, -0.05) is 12.8 Å². The Morgan fingerprint density at radius 3 is 2.69 bits per heavy atom. The van der Waals surface area contributed by atoms with E-state index < -0.39 is 5.97 Å². The standard InChI is InChI=1S/C9H18N2O2/c10-7(5-9(12)13)6-11-8-3-1-2-4-8/h7-8,11H,1-6,10H2,(H,12,13). The molecule has 1 aliphatic rings. The predicted octanol–water partition coefficient (Wildman–Crippen LogP) is 0.321. The molecule has 0 amide bonds. The second-order valence-corrected chi connectivity index (χ2v) is 3.75. The number of hydrogen-bond donors (Lipinski definition) is 3. The first-order chi connectivity index (χ1) is 6.18. The minimum Gasteiger partial charge on any atom is -0.481 e. The number of carboxylic acids is 1. The summed E-state index contributed by atoms with van der Waals surface area (Å²) in [5.41, 5.74) is 5.61. The van der Waals surface area contributed by atoms with E-state index in [1.54, 1.807) is 0 Å². The quantitative estimate of drug-likeness (QED) is 0.578. The summed E-state index contributed by atoms with van der Waals surface area (Å²) in [5, 5.41) is 11.8. The van der Waals surface area contributed by atoms with Gasteiger partial charge in [0.05, 0.1) is 6.42 Å². The highest BCUT2D eigenvalue weighted by molar-refractivity contribution is 5.67. The number of carboxylic acid groups (broad SMARTS) is 1. The van der Waals surface area contributed by atoms with E-state index in [4.69, 9.17) is 10.8 Å². The van der Waals surface area contributed by atoms with Gasteiger partial charge in [-0.15, -0.1) is 0 Å². The fraction of sp³-hybridized carbons (Fsp3) is 0.889. The fourth-order valence-electron chi connectivity index (χ4n) is 1.74. The van der Waals surface area contributed by atoms with Crippen LogP contribution in [0.15, 0.2) is 0 Å². The van der Waals surface area contributed by atoms with Gasteiger partial charge in [0, 0.05) is 18.6 Å². The van der Waals surface area contributed by atoms with Crippen LogP contribution in [0.1, 0.15) is 32.1 Å². The van der Waals surface area contributed by atoms with Crippen LogP contribution >= 0.6 is 0 Å². The van der Waals surface area contributed by atoms with Gasteiger partial charge in [-0.3, -0.25) is 4.79 Å². The maximum absolute atomic E-state index is 10.3. The Hall–Kier alpha value is -0.610. The average Bonchev–Trinajstić information content (AvgIpc) is 2.51. The minimum atomic E-state index is -0.819. The summed E-state index contributed by atoms with van der Waals surface area (Å²) in [5.74, 6) is -0.819. The molecule has 0 aromatic heterocycles. The molecule has 13 heavy (non-hydrogen) atoms. The fourth-order valence-corrected chi connectivity index (χ4v) is 1.74. The van der Waals surface area contributed by atoms with Crippen LogP contribution in [0.2, 0.25) is 0 Å². The van der Waals surface area contributed by atoms with E-state index in [0.717, 1.165) is 0 Å². The van der Waals surface area contributed by atoms with E-state index in [-0.39, 0.29) is 12.5 Å². The summed E-state index contributed by atoms with van der Waals surface area (Å²) >= 11 is 0. The van der Waals surface area contributed by atoms with Gasteiger partial charge < -0.3 is 16.2 Å². The van der Waals surface area contributed by atoms with Crippen molar-refractivity contribution in [2.24, 2.45) is 5.73 Å². The number of nitrogens with two attached hydrogens (primary N) is 1. The molecule has 1 rings (SSSR count). The zero-order valence-electron chi connectivity index (χ0n) is 7.83. The van der Waals surface area contributed by atoms with Crippen LogP contribution in [0, 0.1) is 0 Å². The summed E-state index contributed by atoms with van der Waals surface area (Å²) in [6.07, 6.45) is 5.04. The number of nitrogens with one attached hydrogen (secondary N) is 1. The Balaban J connectivity index is 2.06. The monoisotopic (exact) mass is 186 g/mol. The largest absolute Gasteiger partial charge is 0.481 e. The average molecular weight is 186 g/mol. The SMILES string of the molecule is NC(CNC1CCCC1)CC(=O)O. The van der Waals surface area contributed by atoms with Crippen molar-refractivity contribution in [1.29, 1.82) is 0 Å². The van der Waals surface area contributed by atoms with Crippen LogP contribution in [0.25, 0.3) is 0 Å². The maximum atomic E-state index is 10.3. The second-order valence-electron chi connectivity index (χ2n) is 3.75. The Labute approximate surface area is 78.5 Å². The third-order valence-electron chi connectivity index (χ3n) is 2.46. The predicted molar refractivity (Wildman–Crippen MR) is 50.5 cm³/mol. The van der Waals surface area contributed by atoms with Gasteiger partial charge in [0.1, 0.15) is 0 Å². The second kappa shape index (κ2) is 5.19. The lowest BCUT2D eigenvalue weighted by Gasteiger charge is -2.15. The lowest BCUT2D eigenvalue weighted by atomic mass is 10.2. The molecule has 1 aliphatic carbocycles. The molecule has 0 heterocycles. The van der Waals surface area contributed by atoms with Crippen molar-refractivity contribution >= 4 is 5.97 Å². The Bertz CT molecular complexity index is 167. The molecule has 76 valence electrons. The number of carbonyl (C=O) groups is 1. The van der Waals surface area contributed by atoms with Crippen molar-refractivity contribution in [1.82, 2.24) is 5.32 Å². The van der Waals surface area contributed by atoms with Crippen molar-refractivity contribution in [2.75, 3.05) is 6.54 Å². The first-order valence-corrected chi connectivity index (χ1v) is 4.89. The van der Waals surface area contributed by atoms with Gasteiger partial charge in [-0.05, 0) is 12.8 Å². The van der Waals surface area contributed by atoms with E-state index in [1.807, 2.05) is 0 Å². The third kappa shape index (κ3) is 4.24. The molecule has 1 fully saturated rings. The van der Waals surface area contributed by atoms with Crippen molar-refractivity contribution in [3.8, 4) is 0 Å². The lowest BCUT2D eigenvalue weighted by Crippen LogP contribution is -2.39. The molecule has 0 saturated heterocycles. The van der Waals surface area contributed by atoms with Crippen molar-refractivity contribution in [3.63, 3.8) is 0 Å². The van der Waals surface area contributed by atoms with Gasteiger partial charge in [0.25, 0.3) is 0 Å². The summed E-state index contributed by atoms with van der Waals surface area (Å²) in [6.45, 7) is 0.622. The summed E-state index contributed by atoms with van der Waals surface area (Å²) in [7, 11) is 0. The molecule has 0 aromatic carbocycles. The molecule has 0 bridgehead atoms. The maximum Gasteiger partial charge on any atom is 0.304 e. The molecule has 1 atom stereocenters. The van der Waals surface area contributed by atoms with E-state index >= 15 is 0 Å². The minimum absolute atomic E-state index is 0.0553. The van der Waals surface area contributed by atoms with Gasteiger partial charge in [0.15, 0.2) is 0 Å². The summed E-state index contributed by atoms with van der Waals surface area (Å²) in [4.78, 5) is 10.3. The number of hydrogen-bond acceptors (Lipinski definition) is 3. The normalized spacial score (nSPS) is 20.4. The Kier molecular flexibility index (Phi) is 4.18. The molecular weight excluding hydrogens is 168 g/mol. The molecule has 0 radical (unpaired) electrons. The first kappa shape index (κ1) is 10.5. The van der Waals surface area contributed by atoms with Crippen molar-refractivity contribution < 1.29 is 9.90 Å². The molecule has 4 heteroatoms. The Morgan fingerprint density at radius 1 is 1.54 bits per heavy atom. The number of rotatable bonds is 5. The van der Waals surface area contributed by atoms with Gasteiger partial charge >= 0.3 is 5.97 Å².